The molecule has 4 heteroatoms. The molecule has 0 fully saturated rings. The summed E-state index contributed by atoms with van der Waals surface area (Å²) in [5.41, 5.74) is 0. The molecule has 0 N–H and O–H groups in total. The average molecular weight is 162 g/mol. The van der Waals surface area contributed by atoms with E-state index >= 15 is 0 Å². The van der Waals surface area contributed by atoms with Gasteiger partial charge in [0, 0.05) is 17.8 Å². The van der Waals surface area contributed by atoms with Gasteiger partial charge in [-0.25, -0.2) is 15.0 Å². The Labute approximate surface area is 67.8 Å². The number of hydrogen-bond acceptors (Lipinski definition) is 4. The van der Waals surface area contributed by atoms with Crippen LogP contribution in [0.15, 0.2) is 23.8 Å². The zero-order chi connectivity index (χ0) is 7.52. The first kappa shape index (κ1) is 6.42. The molecule has 2 aromatic heterocycles. The smallest absolute Gasteiger partial charge is 0.189 e. The van der Waals surface area contributed by atoms with Gasteiger partial charge in [-0.15, -0.1) is 11.3 Å². The van der Waals surface area contributed by atoms with Crippen LogP contribution < -0.4 is 0 Å². The second-order valence-corrected chi connectivity index (χ2v) is 2.74. The predicted octanol–water partition coefficient (Wildman–Crippen LogP) is 1.40. The molecule has 0 amide bonds. The minimum absolute atomic E-state index is 0.641. The molecule has 0 saturated heterocycles. The fourth-order valence-electron chi connectivity index (χ4n) is 0.705. The summed E-state index contributed by atoms with van der Waals surface area (Å²) in [7, 11) is 0. The van der Waals surface area contributed by atoms with E-state index < -0.39 is 0 Å². The Hall–Kier alpha value is -1.29. The van der Waals surface area contributed by atoms with Crippen LogP contribution in [0.25, 0.3) is 10.8 Å². The van der Waals surface area contributed by atoms with E-state index in [1.54, 1.807) is 18.5 Å². The van der Waals surface area contributed by atoms with E-state index in [-0.39, 0.29) is 0 Å². The van der Waals surface area contributed by atoms with Gasteiger partial charge in [0.2, 0.25) is 0 Å². The second kappa shape index (κ2) is 2.75. The maximum Gasteiger partial charge on any atom is 0.189 e. The Balaban J connectivity index is 2.46. The molecule has 2 aromatic rings. The number of nitrogens with zero attached hydrogens (tertiary/aromatic N) is 3. The first-order chi connectivity index (χ1) is 5.47. The molecule has 0 aliphatic carbocycles. The molecule has 0 saturated carbocycles. The van der Waals surface area contributed by atoms with E-state index in [4.69, 9.17) is 0 Å². The monoisotopic (exact) mass is 162 g/mol. The van der Waals surface area contributed by atoms with Gasteiger partial charge in [-0.3, -0.25) is 0 Å². The normalized spacial score (nSPS) is 9.82. The number of aromatic nitrogens is 3. The Morgan fingerprint density at radius 1 is 1.27 bits per heavy atom. The third-order valence-electron chi connectivity index (χ3n) is 1.14. The highest BCUT2D eigenvalue weighted by molar-refractivity contribution is 7.12. The predicted molar refractivity (Wildman–Crippen MR) is 42.0 cm³/mol. The molecule has 2 heterocycles. The van der Waals surface area contributed by atoms with Crippen molar-refractivity contribution in [2.45, 2.75) is 0 Å². The van der Waals surface area contributed by atoms with Crippen molar-refractivity contribution >= 4 is 11.3 Å². The first-order valence-electron chi connectivity index (χ1n) is 3.06. The van der Waals surface area contributed by atoms with E-state index in [2.05, 4.69) is 21.1 Å². The molecular weight excluding hydrogens is 158 g/mol. The van der Waals surface area contributed by atoms with Crippen LogP contribution in [0, 0.1) is 6.20 Å². The van der Waals surface area contributed by atoms with Crippen molar-refractivity contribution in [3.8, 4) is 10.8 Å². The average Bonchev–Trinajstić information content (AvgIpc) is 2.58. The van der Waals surface area contributed by atoms with Crippen molar-refractivity contribution in [1.82, 2.24) is 15.0 Å². The van der Waals surface area contributed by atoms with E-state index in [1.165, 1.54) is 11.3 Å². The number of hydrogen-bond donors (Lipinski definition) is 0. The lowest BCUT2D eigenvalue weighted by atomic mass is 10.6. The van der Waals surface area contributed by atoms with Gasteiger partial charge in [-0.05, 0) is 6.07 Å². The summed E-state index contributed by atoms with van der Waals surface area (Å²) in [6, 6.07) is 1.66. The second-order valence-electron chi connectivity index (χ2n) is 1.85. The van der Waals surface area contributed by atoms with Crippen molar-refractivity contribution in [3.05, 3.63) is 30.0 Å². The summed E-state index contributed by atoms with van der Waals surface area (Å²) >= 11 is 1.52. The van der Waals surface area contributed by atoms with Gasteiger partial charge >= 0.3 is 0 Å². The van der Waals surface area contributed by atoms with E-state index in [0.29, 0.717) is 5.82 Å². The third-order valence-corrected chi connectivity index (χ3v) is 1.91. The SMILES string of the molecule is [c]1ccnc(-c2nccs2)n1. The molecule has 2 rings (SSSR count). The summed E-state index contributed by atoms with van der Waals surface area (Å²) in [6.45, 7) is 0. The van der Waals surface area contributed by atoms with Crippen LogP contribution in [0.5, 0.6) is 0 Å². The Morgan fingerprint density at radius 3 is 2.91 bits per heavy atom. The fraction of sp³-hybridized carbons (Fsp3) is 0. The van der Waals surface area contributed by atoms with Crippen LogP contribution >= 0.6 is 11.3 Å². The van der Waals surface area contributed by atoms with Crippen molar-refractivity contribution in [2.75, 3.05) is 0 Å². The highest BCUT2D eigenvalue weighted by Gasteiger charge is 1.99. The third kappa shape index (κ3) is 1.25. The maximum absolute atomic E-state index is 4.06. The molecule has 0 aromatic carbocycles. The minimum atomic E-state index is 0.641. The molecule has 0 aliphatic heterocycles. The van der Waals surface area contributed by atoms with Crippen molar-refractivity contribution in [1.29, 1.82) is 0 Å². The zero-order valence-electron chi connectivity index (χ0n) is 5.56. The summed E-state index contributed by atoms with van der Waals surface area (Å²) in [6.07, 6.45) is 6.09. The molecule has 0 bridgehead atoms. The van der Waals surface area contributed by atoms with Gasteiger partial charge in [0.05, 0.1) is 6.20 Å². The van der Waals surface area contributed by atoms with Gasteiger partial charge in [0.25, 0.3) is 0 Å². The Morgan fingerprint density at radius 2 is 2.27 bits per heavy atom. The molecule has 11 heavy (non-hydrogen) atoms. The van der Waals surface area contributed by atoms with Crippen LogP contribution in [-0.2, 0) is 0 Å². The summed E-state index contributed by atoms with van der Waals surface area (Å²) in [5.74, 6) is 0.641. The molecule has 0 spiro atoms. The molecular formula is C7H4N3S. The van der Waals surface area contributed by atoms with Crippen LogP contribution in [-0.4, -0.2) is 15.0 Å². The highest BCUT2D eigenvalue weighted by Crippen LogP contribution is 2.15. The molecule has 3 nitrogen and oxygen atoms in total. The first-order valence-corrected chi connectivity index (χ1v) is 3.94. The minimum Gasteiger partial charge on any atom is -0.241 e. The van der Waals surface area contributed by atoms with Crippen LogP contribution in [0.3, 0.4) is 0 Å². The van der Waals surface area contributed by atoms with E-state index in [0.717, 1.165) is 5.01 Å². The number of thiazole rings is 1. The molecule has 0 atom stereocenters. The van der Waals surface area contributed by atoms with Crippen LogP contribution in [0.2, 0.25) is 0 Å². The topological polar surface area (TPSA) is 38.7 Å². The molecule has 1 radical (unpaired) electrons. The summed E-state index contributed by atoms with van der Waals surface area (Å²) in [5, 5.41) is 2.73. The van der Waals surface area contributed by atoms with Crippen molar-refractivity contribution in [3.63, 3.8) is 0 Å². The van der Waals surface area contributed by atoms with Crippen LogP contribution in [0.4, 0.5) is 0 Å². The van der Waals surface area contributed by atoms with Crippen molar-refractivity contribution < 1.29 is 0 Å². The summed E-state index contributed by atoms with van der Waals surface area (Å²) < 4.78 is 0. The van der Waals surface area contributed by atoms with E-state index in [9.17, 15) is 0 Å². The zero-order valence-corrected chi connectivity index (χ0v) is 6.38. The Kier molecular flexibility index (Phi) is 1.61. The Bertz CT molecular complexity index is 317. The largest absolute Gasteiger partial charge is 0.241 e. The lowest BCUT2D eigenvalue weighted by molar-refractivity contribution is 1.15. The van der Waals surface area contributed by atoms with E-state index in [1.807, 2.05) is 5.38 Å². The van der Waals surface area contributed by atoms with Gasteiger partial charge < -0.3 is 0 Å². The lowest BCUT2D eigenvalue weighted by Crippen LogP contribution is -1.84. The fourth-order valence-corrected chi connectivity index (χ4v) is 1.28. The van der Waals surface area contributed by atoms with Crippen LogP contribution in [0.1, 0.15) is 0 Å². The van der Waals surface area contributed by atoms with Gasteiger partial charge in [0.1, 0.15) is 0 Å². The lowest BCUT2D eigenvalue weighted by Gasteiger charge is -1.89. The number of rotatable bonds is 1. The molecule has 0 unspecified atom stereocenters. The maximum atomic E-state index is 4.06. The van der Waals surface area contributed by atoms with Gasteiger partial charge in [-0.1, -0.05) is 0 Å². The standard InChI is InChI=1S/C7H4N3S/c1-2-8-6(9-3-1)7-10-4-5-11-7/h1-2,4-5H. The summed E-state index contributed by atoms with van der Waals surface area (Å²) in [4.78, 5) is 12.0. The van der Waals surface area contributed by atoms with Gasteiger partial charge in [0.15, 0.2) is 10.8 Å². The molecule has 53 valence electrons. The quantitative estimate of drug-likeness (QED) is 0.636. The molecule has 0 aliphatic rings. The highest BCUT2D eigenvalue weighted by atomic mass is 32.1. The van der Waals surface area contributed by atoms with Crippen molar-refractivity contribution in [2.24, 2.45) is 0 Å². The van der Waals surface area contributed by atoms with Gasteiger partial charge in [-0.2, -0.15) is 0 Å².